The van der Waals surface area contributed by atoms with E-state index in [1.807, 2.05) is 24.3 Å². The summed E-state index contributed by atoms with van der Waals surface area (Å²) in [5, 5.41) is 0.963. The molecule has 0 aliphatic heterocycles. The van der Waals surface area contributed by atoms with Gasteiger partial charge in [0.05, 0.1) is 11.0 Å². The number of furan rings is 1. The van der Waals surface area contributed by atoms with E-state index < -0.39 is 0 Å². The Morgan fingerprint density at radius 1 is 1.19 bits per heavy atom. The Morgan fingerprint density at radius 3 is 2.81 bits per heavy atom. The zero-order valence-electron chi connectivity index (χ0n) is 11.1. The minimum absolute atomic E-state index is 0.269. The van der Waals surface area contributed by atoms with Crippen molar-refractivity contribution in [3.63, 3.8) is 0 Å². The normalized spacial score (nSPS) is 11.0. The second kappa shape index (κ2) is 5.87. The monoisotopic (exact) mass is 349 g/mol. The van der Waals surface area contributed by atoms with Crippen LogP contribution >= 0.6 is 15.9 Å². The quantitative estimate of drug-likeness (QED) is 0.760. The molecule has 2 N–H and O–H groups in total. The van der Waals surface area contributed by atoms with E-state index in [4.69, 9.17) is 14.9 Å². The van der Waals surface area contributed by atoms with Crippen molar-refractivity contribution in [1.29, 1.82) is 0 Å². The van der Waals surface area contributed by atoms with E-state index in [-0.39, 0.29) is 19.0 Å². The number of hydrogen-bond acceptors (Lipinski definition) is 3. The first kappa shape index (κ1) is 14.1. The molecule has 3 rings (SSSR count). The van der Waals surface area contributed by atoms with Crippen LogP contribution in [-0.2, 0) is 13.2 Å². The van der Waals surface area contributed by atoms with Crippen LogP contribution in [0.2, 0.25) is 0 Å². The van der Waals surface area contributed by atoms with Gasteiger partial charge in [-0.15, -0.1) is 0 Å². The Kier molecular flexibility index (Phi) is 3.94. The summed E-state index contributed by atoms with van der Waals surface area (Å²) in [5.74, 6) is 0.788. The summed E-state index contributed by atoms with van der Waals surface area (Å²) in [7, 11) is 0. The SMILES string of the molecule is NCc1oc2ccccc2c1COc1cc(F)ccc1Br. The van der Waals surface area contributed by atoms with Crippen molar-refractivity contribution < 1.29 is 13.5 Å². The van der Waals surface area contributed by atoms with Crippen LogP contribution in [0.25, 0.3) is 11.0 Å². The third-order valence-electron chi connectivity index (χ3n) is 3.23. The average Bonchev–Trinajstić information content (AvgIpc) is 2.86. The van der Waals surface area contributed by atoms with E-state index in [1.54, 1.807) is 6.07 Å². The number of halogens is 2. The molecule has 5 heteroatoms. The first-order chi connectivity index (χ1) is 10.2. The summed E-state index contributed by atoms with van der Waals surface area (Å²) in [6.45, 7) is 0.559. The zero-order valence-corrected chi connectivity index (χ0v) is 12.7. The number of rotatable bonds is 4. The largest absolute Gasteiger partial charge is 0.487 e. The van der Waals surface area contributed by atoms with Gasteiger partial charge in [0.2, 0.25) is 0 Å². The highest BCUT2D eigenvalue weighted by atomic mass is 79.9. The van der Waals surface area contributed by atoms with Crippen LogP contribution in [0.3, 0.4) is 0 Å². The minimum Gasteiger partial charge on any atom is -0.487 e. The Hall–Kier alpha value is -1.85. The van der Waals surface area contributed by atoms with Crippen molar-refractivity contribution in [1.82, 2.24) is 0 Å². The second-order valence-corrected chi connectivity index (χ2v) is 5.42. The highest BCUT2D eigenvalue weighted by Crippen LogP contribution is 2.30. The van der Waals surface area contributed by atoms with E-state index in [0.717, 1.165) is 16.5 Å². The number of benzene rings is 2. The third kappa shape index (κ3) is 2.80. The predicted octanol–water partition coefficient (Wildman–Crippen LogP) is 4.37. The smallest absolute Gasteiger partial charge is 0.136 e. The fourth-order valence-electron chi connectivity index (χ4n) is 2.21. The molecule has 21 heavy (non-hydrogen) atoms. The molecule has 0 aliphatic rings. The fraction of sp³-hybridized carbons (Fsp3) is 0.125. The van der Waals surface area contributed by atoms with Crippen LogP contribution in [0.4, 0.5) is 4.39 Å². The molecule has 0 saturated carbocycles. The molecule has 0 aliphatic carbocycles. The molecule has 2 aromatic carbocycles. The average molecular weight is 350 g/mol. The molecular formula is C16H13BrFNO2. The van der Waals surface area contributed by atoms with Gasteiger partial charge < -0.3 is 14.9 Å². The minimum atomic E-state index is -0.343. The van der Waals surface area contributed by atoms with Gasteiger partial charge in [0.25, 0.3) is 0 Å². The summed E-state index contributed by atoms with van der Waals surface area (Å²) in [6.07, 6.45) is 0. The Morgan fingerprint density at radius 2 is 2.00 bits per heavy atom. The highest BCUT2D eigenvalue weighted by molar-refractivity contribution is 9.10. The Balaban J connectivity index is 1.93. The lowest BCUT2D eigenvalue weighted by Gasteiger charge is -2.08. The maximum atomic E-state index is 13.3. The molecule has 3 nitrogen and oxygen atoms in total. The van der Waals surface area contributed by atoms with Crippen LogP contribution in [0.15, 0.2) is 51.4 Å². The van der Waals surface area contributed by atoms with E-state index in [1.165, 1.54) is 12.1 Å². The van der Waals surface area contributed by atoms with Gasteiger partial charge in [-0.3, -0.25) is 0 Å². The summed E-state index contributed by atoms with van der Waals surface area (Å²) >= 11 is 3.34. The van der Waals surface area contributed by atoms with Crippen molar-refractivity contribution in [3.05, 3.63) is 64.1 Å². The van der Waals surface area contributed by atoms with Crippen LogP contribution in [-0.4, -0.2) is 0 Å². The van der Waals surface area contributed by atoms with Crippen molar-refractivity contribution >= 4 is 26.9 Å². The van der Waals surface area contributed by atoms with E-state index >= 15 is 0 Å². The van der Waals surface area contributed by atoms with Crippen molar-refractivity contribution in [2.45, 2.75) is 13.2 Å². The Labute approximate surface area is 129 Å². The van der Waals surface area contributed by atoms with Crippen molar-refractivity contribution in [3.8, 4) is 5.75 Å². The molecule has 3 aromatic rings. The lowest BCUT2D eigenvalue weighted by molar-refractivity contribution is 0.300. The molecule has 0 saturated heterocycles. The van der Waals surface area contributed by atoms with Gasteiger partial charge in [-0.2, -0.15) is 0 Å². The summed E-state index contributed by atoms with van der Waals surface area (Å²) < 4.78 is 25.4. The fourth-order valence-corrected chi connectivity index (χ4v) is 2.57. The number of hydrogen-bond donors (Lipinski definition) is 1. The summed E-state index contributed by atoms with van der Waals surface area (Å²) in [6, 6.07) is 12.0. The molecule has 0 amide bonds. The summed E-state index contributed by atoms with van der Waals surface area (Å²) in [4.78, 5) is 0. The van der Waals surface area contributed by atoms with Crippen molar-refractivity contribution in [2.24, 2.45) is 5.73 Å². The van der Waals surface area contributed by atoms with Crippen LogP contribution in [0, 0.1) is 5.82 Å². The summed E-state index contributed by atoms with van der Waals surface area (Å²) in [5.41, 5.74) is 7.38. The maximum absolute atomic E-state index is 13.3. The Bertz CT molecular complexity index is 785. The predicted molar refractivity (Wildman–Crippen MR) is 82.5 cm³/mol. The lowest BCUT2D eigenvalue weighted by atomic mass is 10.1. The maximum Gasteiger partial charge on any atom is 0.136 e. The third-order valence-corrected chi connectivity index (χ3v) is 3.89. The molecule has 0 atom stereocenters. The van der Waals surface area contributed by atoms with Gasteiger partial charge in [-0.05, 0) is 34.1 Å². The van der Waals surface area contributed by atoms with E-state index in [9.17, 15) is 4.39 Å². The van der Waals surface area contributed by atoms with Gasteiger partial charge in [0.1, 0.15) is 29.5 Å². The van der Waals surface area contributed by atoms with E-state index in [0.29, 0.717) is 16.0 Å². The molecule has 0 bridgehead atoms. The molecule has 0 fully saturated rings. The highest BCUT2D eigenvalue weighted by Gasteiger charge is 2.14. The van der Waals surface area contributed by atoms with Crippen molar-refractivity contribution in [2.75, 3.05) is 0 Å². The second-order valence-electron chi connectivity index (χ2n) is 4.57. The van der Waals surface area contributed by atoms with Gasteiger partial charge in [-0.25, -0.2) is 4.39 Å². The van der Waals surface area contributed by atoms with Gasteiger partial charge in [0, 0.05) is 17.0 Å². The molecular weight excluding hydrogens is 337 g/mol. The van der Waals surface area contributed by atoms with Gasteiger partial charge in [-0.1, -0.05) is 18.2 Å². The number of nitrogens with two attached hydrogens (primary N) is 1. The van der Waals surface area contributed by atoms with E-state index in [2.05, 4.69) is 15.9 Å². The molecule has 108 valence electrons. The lowest BCUT2D eigenvalue weighted by Crippen LogP contribution is -2.02. The molecule has 1 aromatic heterocycles. The molecule has 1 heterocycles. The van der Waals surface area contributed by atoms with Gasteiger partial charge in [0.15, 0.2) is 0 Å². The molecule has 0 radical (unpaired) electrons. The number of fused-ring (bicyclic) bond motifs is 1. The first-order valence-corrected chi connectivity index (χ1v) is 7.25. The zero-order chi connectivity index (χ0) is 14.8. The van der Waals surface area contributed by atoms with Gasteiger partial charge >= 0.3 is 0 Å². The van der Waals surface area contributed by atoms with Crippen LogP contribution < -0.4 is 10.5 Å². The topological polar surface area (TPSA) is 48.4 Å². The standard InChI is InChI=1S/C16H13BrFNO2/c17-13-6-5-10(18)7-15(13)20-9-12-11-3-1-2-4-14(11)21-16(12)8-19/h1-7H,8-9,19H2. The number of para-hydroxylation sites is 1. The first-order valence-electron chi connectivity index (χ1n) is 6.46. The molecule has 0 spiro atoms. The van der Waals surface area contributed by atoms with Crippen LogP contribution in [0.5, 0.6) is 5.75 Å². The molecule has 0 unspecified atom stereocenters. The van der Waals surface area contributed by atoms with Crippen LogP contribution in [0.1, 0.15) is 11.3 Å². The number of ether oxygens (including phenoxy) is 1.